The van der Waals surface area contributed by atoms with E-state index in [9.17, 15) is 4.79 Å². The molecule has 7 nitrogen and oxygen atoms in total. The molecule has 7 heteroatoms. The lowest BCUT2D eigenvalue weighted by atomic mass is 10.2. The highest BCUT2D eigenvalue weighted by atomic mass is 16.2. The maximum Gasteiger partial charge on any atom is 0.224 e. The number of hydrogen-bond donors (Lipinski definition) is 2. The predicted molar refractivity (Wildman–Crippen MR) is 120 cm³/mol. The third kappa shape index (κ3) is 7.91. The number of rotatable bonds is 9. The number of anilines is 1. The van der Waals surface area contributed by atoms with Gasteiger partial charge in [0.2, 0.25) is 5.91 Å². The molecule has 0 spiro atoms. The molecule has 0 aromatic carbocycles. The fourth-order valence-electron chi connectivity index (χ4n) is 3.57. The largest absolute Gasteiger partial charge is 0.357 e. The molecule has 29 heavy (non-hydrogen) atoms. The number of hydrogen-bond acceptors (Lipinski definition) is 4. The standard InChI is InChI=1S/C22H38N6O/c1-4-23-22(25-14-12-21(29)27(5-2)6-3)26-18-19-11-13-24-20(17-19)28-15-9-7-8-10-16-28/h11,13,17H,4-10,12,14-16,18H2,1-3H3,(H2,23,25,26). The first kappa shape index (κ1) is 23.0. The number of pyridine rings is 1. The number of amides is 1. The van der Waals surface area contributed by atoms with Crippen LogP contribution in [-0.4, -0.2) is 61.0 Å². The lowest BCUT2D eigenvalue weighted by molar-refractivity contribution is -0.130. The molecule has 2 N–H and O–H groups in total. The molecule has 1 aromatic heterocycles. The number of nitrogens with one attached hydrogen (secondary N) is 2. The molecule has 0 bridgehead atoms. The average molecular weight is 403 g/mol. The molecule has 162 valence electrons. The molecule has 0 unspecified atom stereocenters. The summed E-state index contributed by atoms with van der Waals surface area (Å²) in [5.41, 5.74) is 1.15. The summed E-state index contributed by atoms with van der Waals surface area (Å²) in [6.07, 6.45) is 7.47. The van der Waals surface area contributed by atoms with Crippen molar-refractivity contribution < 1.29 is 4.79 Å². The van der Waals surface area contributed by atoms with E-state index in [0.29, 0.717) is 19.5 Å². The van der Waals surface area contributed by atoms with E-state index < -0.39 is 0 Å². The predicted octanol–water partition coefficient (Wildman–Crippen LogP) is 2.78. The van der Waals surface area contributed by atoms with Gasteiger partial charge in [-0.05, 0) is 51.3 Å². The first-order chi connectivity index (χ1) is 14.2. The van der Waals surface area contributed by atoms with Gasteiger partial charge in [0.25, 0.3) is 0 Å². The molecule has 1 fully saturated rings. The Bertz CT molecular complexity index is 636. The summed E-state index contributed by atoms with van der Waals surface area (Å²) in [7, 11) is 0. The lowest BCUT2D eigenvalue weighted by Crippen LogP contribution is -2.40. The summed E-state index contributed by atoms with van der Waals surface area (Å²) >= 11 is 0. The molecule has 0 saturated carbocycles. The van der Waals surface area contributed by atoms with Crippen LogP contribution < -0.4 is 15.5 Å². The van der Waals surface area contributed by atoms with Crippen molar-refractivity contribution in [2.75, 3.05) is 44.2 Å². The molecule has 1 aromatic rings. The van der Waals surface area contributed by atoms with Gasteiger partial charge < -0.3 is 20.4 Å². The van der Waals surface area contributed by atoms with Crippen molar-refractivity contribution in [2.24, 2.45) is 4.99 Å². The molecule has 1 aliphatic heterocycles. The van der Waals surface area contributed by atoms with Crippen LogP contribution in [-0.2, 0) is 11.3 Å². The van der Waals surface area contributed by atoms with E-state index in [1.54, 1.807) is 0 Å². The fourth-order valence-corrected chi connectivity index (χ4v) is 3.57. The minimum Gasteiger partial charge on any atom is -0.357 e. The van der Waals surface area contributed by atoms with Crippen molar-refractivity contribution in [2.45, 2.75) is 59.4 Å². The van der Waals surface area contributed by atoms with Crippen molar-refractivity contribution in [3.05, 3.63) is 23.9 Å². The monoisotopic (exact) mass is 402 g/mol. The number of nitrogens with zero attached hydrogens (tertiary/aromatic N) is 4. The number of carbonyl (C=O) groups excluding carboxylic acids is 1. The number of guanidine groups is 1. The van der Waals surface area contributed by atoms with Gasteiger partial charge in [0.1, 0.15) is 5.82 Å². The van der Waals surface area contributed by atoms with Crippen molar-refractivity contribution >= 4 is 17.7 Å². The van der Waals surface area contributed by atoms with Gasteiger partial charge in [-0.15, -0.1) is 0 Å². The summed E-state index contributed by atoms with van der Waals surface area (Å²) in [6, 6.07) is 4.18. The van der Waals surface area contributed by atoms with Gasteiger partial charge in [-0.1, -0.05) is 12.8 Å². The van der Waals surface area contributed by atoms with Gasteiger partial charge in [0.05, 0.1) is 6.54 Å². The van der Waals surface area contributed by atoms with E-state index >= 15 is 0 Å². The lowest BCUT2D eigenvalue weighted by Gasteiger charge is -2.21. The van der Waals surface area contributed by atoms with Crippen LogP contribution in [0.4, 0.5) is 5.82 Å². The fraction of sp³-hybridized carbons (Fsp3) is 0.682. The van der Waals surface area contributed by atoms with Gasteiger partial charge >= 0.3 is 0 Å². The number of aromatic nitrogens is 1. The quantitative estimate of drug-likeness (QED) is 0.491. The zero-order valence-electron chi connectivity index (χ0n) is 18.4. The van der Waals surface area contributed by atoms with Crippen LogP contribution in [0, 0.1) is 0 Å². The summed E-state index contributed by atoms with van der Waals surface area (Å²) in [6.45, 7) is 11.7. The van der Waals surface area contributed by atoms with Gasteiger partial charge in [0, 0.05) is 51.9 Å². The number of aliphatic imine (C=N–C) groups is 1. The molecule has 0 radical (unpaired) electrons. The second-order valence-electron chi connectivity index (χ2n) is 7.36. The van der Waals surface area contributed by atoms with Gasteiger partial charge in [-0.2, -0.15) is 0 Å². The van der Waals surface area contributed by atoms with Crippen molar-refractivity contribution in [3.8, 4) is 0 Å². The van der Waals surface area contributed by atoms with E-state index in [1.165, 1.54) is 25.7 Å². The van der Waals surface area contributed by atoms with Crippen LogP contribution in [0.5, 0.6) is 0 Å². The normalized spacial score (nSPS) is 15.0. The molecule has 1 amide bonds. The molecular weight excluding hydrogens is 364 g/mol. The van der Waals surface area contributed by atoms with Crippen LogP contribution in [0.3, 0.4) is 0 Å². The van der Waals surface area contributed by atoms with E-state index in [-0.39, 0.29) is 5.91 Å². The molecule has 0 aliphatic carbocycles. The number of carbonyl (C=O) groups is 1. The topological polar surface area (TPSA) is 72.9 Å². The summed E-state index contributed by atoms with van der Waals surface area (Å²) in [5, 5.41) is 6.53. The Balaban J connectivity index is 1.92. The van der Waals surface area contributed by atoms with Crippen LogP contribution in [0.1, 0.15) is 58.4 Å². The Hall–Kier alpha value is -2.31. The van der Waals surface area contributed by atoms with Crippen LogP contribution in [0.2, 0.25) is 0 Å². The minimum absolute atomic E-state index is 0.176. The highest BCUT2D eigenvalue weighted by Gasteiger charge is 2.12. The van der Waals surface area contributed by atoms with Crippen LogP contribution in [0.15, 0.2) is 23.3 Å². The van der Waals surface area contributed by atoms with Crippen molar-refractivity contribution in [1.29, 1.82) is 0 Å². The highest BCUT2D eigenvalue weighted by molar-refractivity contribution is 5.81. The first-order valence-corrected chi connectivity index (χ1v) is 11.2. The highest BCUT2D eigenvalue weighted by Crippen LogP contribution is 2.18. The Kier molecular flexibility index (Phi) is 10.3. The second-order valence-corrected chi connectivity index (χ2v) is 7.36. The third-order valence-corrected chi connectivity index (χ3v) is 5.25. The Morgan fingerprint density at radius 1 is 1.14 bits per heavy atom. The average Bonchev–Trinajstić information content (AvgIpc) is 3.03. The maximum absolute atomic E-state index is 12.2. The summed E-state index contributed by atoms with van der Waals surface area (Å²) < 4.78 is 0. The zero-order valence-corrected chi connectivity index (χ0v) is 18.4. The van der Waals surface area contributed by atoms with Crippen LogP contribution in [0.25, 0.3) is 0 Å². The third-order valence-electron chi connectivity index (χ3n) is 5.25. The molecule has 2 rings (SSSR count). The molecule has 1 saturated heterocycles. The van der Waals surface area contributed by atoms with E-state index in [4.69, 9.17) is 4.99 Å². The van der Waals surface area contributed by atoms with Crippen molar-refractivity contribution in [3.63, 3.8) is 0 Å². The van der Waals surface area contributed by atoms with Crippen molar-refractivity contribution in [1.82, 2.24) is 20.5 Å². The minimum atomic E-state index is 0.176. The molecule has 2 heterocycles. The van der Waals surface area contributed by atoms with Gasteiger partial charge in [-0.25, -0.2) is 9.98 Å². The van der Waals surface area contributed by atoms with E-state index in [2.05, 4.69) is 26.6 Å². The Labute approximate surface area is 176 Å². The molecule has 0 atom stereocenters. The van der Waals surface area contributed by atoms with Gasteiger partial charge in [-0.3, -0.25) is 4.79 Å². The summed E-state index contributed by atoms with van der Waals surface area (Å²) in [5.74, 6) is 1.98. The SMILES string of the molecule is CCNC(=NCc1ccnc(N2CCCCCC2)c1)NCCC(=O)N(CC)CC. The zero-order chi connectivity index (χ0) is 20.9. The van der Waals surface area contributed by atoms with E-state index in [1.807, 2.05) is 37.9 Å². The van der Waals surface area contributed by atoms with Crippen LogP contribution >= 0.6 is 0 Å². The Morgan fingerprint density at radius 3 is 2.52 bits per heavy atom. The molecular formula is C22H38N6O. The van der Waals surface area contributed by atoms with Gasteiger partial charge in [0.15, 0.2) is 5.96 Å². The van der Waals surface area contributed by atoms with E-state index in [0.717, 1.165) is 50.1 Å². The smallest absolute Gasteiger partial charge is 0.224 e. The summed E-state index contributed by atoms with van der Waals surface area (Å²) in [4.78, 5) is 25.7. The second kappa shape index (κ2) is 13.0. The maximum atomic E-state index is 12.2. The molecule has 1 aliphatic rings. The Morgan fingerprint density at radius 2 is 1.86 bits per heavy atom. The first-order valence-electron chi connectivity index (χ1n) is 11.2.